The molecule has 1 heterocycles. The maximum Gasteiger partial charge on any atom is 0.338 e. The first-order valence-electron chi connectivity index (χ1n) is 26.4. The lowest BCUT2D eigenvalue weighted by atomic mass is 9.48. The predicted molar refractivity (Wildman–Crippen MR) is 270 cm³/mol. The highest BCUT2D eigenvalue weighted by molar-refractivity contribution is 5.91. The van der Waals surface area contributed by atoms with Crippen LogP contribution in [0.25, 0.3) is 0 Å². The third-order valence-electron chi connectivity index (χ3n) is 17.2. The normalized spacial score (nSPS) is 30.5. The molecule has 0 aromatic heterocycles. The molecule has 0 amide bonds. The number of carbonyl (C=O) groups excluding carboxylic acids is 4. The highest BCUT2D eigenvalue weighted by Crippen LogP contribution is 2.66. The van der Waals surface area contributed by atoms with Crippen LogP contribution in [-0.4, -0.2) is 67.3 Å². The van der Waals surface area contributed by atoms with E-state index in [0.29, 0.717) is 17.4 Å². The summed E-state index contributed by atoms with van der Waals surface area (Å²) in [5.74, 6) is 0.339. The second-order valence-corrected chi connectivity index (χ2v) is 21.9. The molecule has 10 heteroatoms. The number of fused-ring (bicyclic) bond motifs is 4. The van der Waals surface area contributed by atoms with Gasteiger partial charge in [0.25, 0.3) is 0 Å². The molecule has 9 rings (SSSR count). The molecule has 4 aliphatic carbocycles. The Balaban J connectivity index is 1.01. The molecule has 4 aromatic rings. The van der Waals surface area contributed by atoms with Gasteiger partial charge in [0.2, 0.25) is 0 Å². The monoisotopic (exact) mass is 965 g/mol. The number of rotatable bonds is 16. The molecule has 5 aliphatic rings. The highest BCUT2D eigenvalue weighted by atomic mass is 16.7. The van der Waals surface area contributed by atoms with E-state index in [2.05, 4.69) is 34.6 Å². The van der Waals surface area contributed by atoms with E-state index < -0.39 is 61.2 Å². The number of hydrogen-bond acceptors (Lipinski definition) is 10. The Morgan fingerprint density at radius 1 is 0.606 bits per heavy atom. The van der Waals surface area contributed by atoms with E-state index in [-0.39, 0.29) is 33.6 Å². The minimum atomic E-state index is -1.47. The van der Waals surface area contributed by atoms with Crippen molar-refractivity contribution in [2.75, 3.05) is 6.61 Å². The predicted octanol–water partition coefficient (Wildman–Crippen LogP) is 12.8. The highest BCUT2D eigenvalue weighted by Gasteiger charge is 2.58. The van der Waals surface area contributed by atoms with Crippen LogP contribution in [0.1, 0.15) is 153 Å². The molecule has 1 aliphatic heterocycles. The van der Waals surface area contributed by atoms with Crippen molar-refractivity contribution < 1.29 is 47.6 Å². The van der Waals surface area contributed by atoms with E-state index in [1.165, 1.54) is 44.9 Å². The van der Waals surface area contributed by atoms with Crippen molar-refractivity contribution in [2.24, 2.45) is 40.4 Å². The van der Waals surface area contributed by atoms with Crippen molar-refractivity contribution in [2.45, 2.75) is 148 Å². The second kappa shape index (κ2) is 22.0. The maximum absolute atomic E-state index is 14.2. The Labute approximate surface area is 420 Å². The molecule has 12 atom stereocenters. The van der Waals surface area contributed by atoms with Crippen LogP contribution in [0.5, 0.6) is 0 Å². The summed E-state index contributed by atoms with van der Waals surface area (Å²) in [5.41, 5.74) is 4.97. The molecular weight excluding hydrogens is 893 g/mol. The van der Waals surface area contributed by atoms with Gasteiger partial charge in [0.05, 0.1) is 28.4 Å². The van der Waals surface area contributed by atoms with Crippen molar-refractivity contribution in [3.05, 3.63) is 155 Å². The smallest absolute Gasteiger partial charge is 0.338 e. The molecule has 4 fully saturated rings. The van der Waals surface area contributed by atoms with Crippen molar-refractivity contribution in [1.82, 2.24) is 0 Å². The van der Waals surface area contributed by atoms with Crippen LogP contribution in [-0.2, 0) is 28.4 Å². The lowest BCUT2D eigenvalue weighted by Gasteiger charge is -2.57. The van der Waals surface area contributed by atoms with Gasteiger partial charge in [-0.15, -0.1) is 0 Å². The quantitative estimate of drug-likeness (QED) is 0.0464. The van der Waals surface area contributed by atoms with Crippen LogP contribution in [0.15, 0.2) is 132 Å². The van der Waals surface area contributed by atoms with E-state index in [1.54, 1.807) is 132 Å². The lowest BCUT2D eigenvalue weighted by Crippen LogP contribution is -2.63. The SMILES string of the molecule is CC(C)CCC[C@@H](C)[C@H]1CCC2=C3CC[C@H]4C[C@@H](O[C@@H]5O[C@H](COC(=O)c6ccccc6)[C@H](OC(=O)c6ccccc6)[C@H](OC(=O)c6ccccc6)[C@H]5OC(=O)c5ccccc5)CC[C@]4(C)[C@H]3CC[C@@]21C. The summed E-state index contributed by atoms with van der Waals surface area (Å²) in [6, 6.07) is 33.9. The van der Waals surface area contributed by atoms with E-state index in [0.717, 1.165) is 49.9 Å². The average Bonchev–Trinajstić information content (AvgIpc) is 3.75. The van der Waals surface area contributed by atoms with Crippen molar-refractivity contribution in [1.29, 1.82) is 0 Å². The fourth-order valence-electron chi connectivity index (χ4n) is 13.4. The number of benzene rings is 4. The Morgan fingerprint density at radius 3 is 1.70 bits per heavy atom. The molecule has 71 heavy (non-hydrogen) atoms. The van der Waals surface area contributed by atoms with Crippen LogP contribution in [0.4, 0.5) is 0 Å². The first-order chi connectivity index (χ1) is 34.3. The van der Waals surface area contributed by atoms with Crippen LogP contribution in [0, 0.1) is 40.4 Å². The van der Waals surface area contributed by atoms with E-state index >= 15 is 0 Å². The summed E-state index contributed by atoms with van der Waals surface area (Å²) in [6.45, 7) is 11.9. The fourth-order valence-corrected chi connectivity index (χ4v) is 13.4. The average molecular weight is 965 g/mol. The second-order valence-electron chi connectivity index (χ2n) is 21.9. The first kappa shape index (κ1) is 50.4. The van der Waals surface area contributed by atoms with Gasteiger partial charge in [0.15, 0.2) is 24.6 Å². The van der Waals surface area contributed by atoms with Gasteiger partial charge in [-0.3, -0.25) is 0 Å². The van der Waals surface area contributed by atoms with Gasteiger partial charge in [0, 0.05) is 0 Å². The number of hydrogen-bond donors (Lipinski definition) is 0. The van der Waals surface area contributed by atoms with Crippen LogP contribution < -0.4 is 0 Å². The molecule has 4 aromatic carbocycles. The van der Waals surface area contributed by atoms with Crippen LogP contribution in [0.2, 0.25) is 0 Å². The zero-order valence-corrected chi connectivity index (χ0v) is 42.2. The van der Waals surface area contributed by atoms with Crippen molar-refractivity contribution in [3.63, 3.8) is 0 Å². The summed E-state index contributed by atoms with van der Waals surface area (Å²) >= 11 is 0. The molecule has 0 unspecified atom stereocenters. The number of esters is 4. The molecule has 0 spiro atoms. The number of allylic oxidation sites excluding steroid dienone is 2. The van der Waals surface area contributed by atoms with Gasteiger partial charge in [-0.2, -0.15) is 0 Å². The largest absolute Gasteiger partial charge is 0.459 e. The summed E-state index contributed by atoms with van der Waals surface area (Å²) in [4.78, 5) is 56.0. The Morgan fingerprint density at radius 2 is 1.14 bits per heavy atom. The van der Waals surface area contributed by atoms with Gasteiger partial charge in [-0.25, -0.2) is 19.2 Å². The van der Waals surface area contributed by atoms with Gasteiger partial charge >= 0.3 is 23.9 Å². The number of ether oxygens (including phenoxy) is 6. The molecule has 376 valence electrons. The molecule has 0 radical (unpaired) electrons. The zero-order chi connectivity index (χ0) is 49.7. The maximum atomic E-state index is 14.2. The van der Waals surface area contributed by atoms with Gasteiger partial charge < -0.3 is 28.4 Å². The molecule has 3 saturated carbocycles. The fraction of sp³-hybridized carbons (Fsp3) is 0.508. The topological polar surface area (TPSA) is 124 Å². The third kappa shape index (κ3) is 10.9. The third-order valence-corrected chi connectivity index (χ3v) is 17.2. The Bertz CT molecular complexity index is 2490. The van der Waals surface area contributed by atoms with Crippen LogP contribution in [0.3, 0.4) is 0 Å². The summed E-state index contributed by atoms with van der Waals surface area (Å²) in [7, 11) is 0. The minimum Gasteiger partial charge on any atom is -0.459 e. The molecular formula is C61H72O10. The molecule has 10 nitrogen and oxygen atoms in total. The van der Waals surface area contributed by atoms with Crippen molar-refractivity contribution >= 4 is 23.9 Å². The van der Waals surface area contributed by atoms with Gasteiger partial charge in [0.1, 0.15) is 12.7 Å². The standard InChI is InChI=1S/C61H72O10/c1-39(2)19-18-20-40(3)48-31-32-49-47-30-29-45-37-46(33-35-60(45,4)50(47)34-36-61(48,49)5)67-59-54(71-58(65)44-27-16-9-17-28-44)53(70-57(64)43-25-14-8-15-26-43)52(69-56(63)42-23-12-7-13-24-42)51(68-59)38-66-55(62)41-21-10-6-11-22-41/h6-17,21-28,39-40,45-46,48,50-54,59H,18-20,29-38H2,1-5H3/t40-,45+,46+,48-,50+,51-,52+,53+,54-,59-,60+,61-/m1/s1. The van der Waals surface area contributed by atoms with Crippen LogP contribution >= 0.6 is 0 Å². The van der Waals surface area contributed by atoms with E-state index in [1.807, 2.05) is 0 Å². The summed E-state index contributed by atoms with van der Waals surface area (Å²) in [6.07, 6.45) is 6.44. The molecule has 1 saturated heterocycles. The number of carbonyl (C=O) groups is 4. The molecule has 0 N–H and O–H groups in total. The van der Waals surface area contributed by atoms with Gasteiger partial charge in [-0.1, -0.05) is 138 Å². The Hall–Kier alpha value is -5.58. The van der Waals surface area contributed by atoms with E-state index in [4.69, 9.17) is 28.4 Å². The van der Waals surface area contributed by atoms with Crippen molar-refractivity contribution in [3.8, 4) is 0 Å². The van der Waals surface area contributed by atoms with Gasteiger partial charge in [-0.05, 0) is 147 Å². The summed E-state index contributed by atoms with van der Waals surface area (Å²) < 4.78 is 38.8. The summed E-state index contributed by atoms with van der Waals surface area (Å²) in [5, 5.41) is 0. The molecule has 0 bridgehead atoms. The van der Waals surface area contributed by atoms with E-state index in [9.17, 15) is 19.2 Å². The minimum absolute atomic E-state index is 0.105. The lowest BCUT2D eigenvalue weighted by molar-refractivity contribution is -0.313. The zero-order valence-electron chi connectivity index (χ0n) is 42.2. The Kier molecular flexibility index (Phi) is 15.6. The first-order valence-corrected chi connectivity index (χ1v) is 26.4.